The van der Waals surface area contributed by atoms with Gasteiger partial charge in [-0.2, -0.15) is 0 Å². The molecule has 0 bridgehead atoms. The number of rotatable bonds is 5. The molecular formula is C10H21O3PSi. The van der Waals surface area contributed by atoms with Crippen LogP contribution in [0.2, 0.25) is 19.6 Å². The Labute approximate surface area is 93.7 Å². The molecular weight excluding hydrogens is 227 g/mol. The van der Waals surface area contributed by atoms with Gasteiger partial charge in [-0.3, -0.25) is 4.57 Å². The van der Waals surface area contributed by atoms with Crippen LogP contribution in [-0.2, 0) is 13.6 Å². The molecule has 5 heteroatoms. The lowest BCUT2D eigenvalue weighted by atomic mass is 10.5. The Hall–Kier alpha value is -0.153. The van der Waals surface area contributed by atoms with Gasteiger partial charge in [-0.15, -0.1) is 0 Å². The van der Waals surface area contributed by atoms with Crippen LogP contribution in [0.3, 0.4) is 0 Å². The highest BCUT2D eigenvalue weighted by atomic mass is 31.2. The van der Waals surface area contributed by atoms with Gasteiger partial charge in [0.15, 0.2) is 0 Å². The van der Waals surface area contributed by atoms with Crippen LogP contribution in [0, 0.1) is 0 Å². The van der Waals surface area contributed by atoms with Gasteiger partial charge in [-0.25, -0.2) is 0 Å². The summed E-state index contributed by atoms with van der Waals surface area (Å²) in [5, 5.41) is 0.661. The highest BCUT2D eigenvalue weighted by molar-refractivity contribution is 7.58. The molecule has 0 saturated carbocycles. The van der Waals surface area contributed by atoms with Crippen molar-refractivity contribution in [2.24, 2.45) is 0 Å². The van der Waals surface area contributed by atoms with E-state index in [-0.39, 0.29) is 0 Å². The smallest absolute Gasteiger partial charge is 0.309 e. The molecule has 15 heavy (non-hydrogen) atoms. The van der Waals surface area contributed by atoms with Crippen molar-refractivity contribution in [3.05, 3.63) is 23.2 Å². The molecule has 0 aromatic rings. The maximum Gasteiger partial charge on any atom is 0.360 e. The summed E-state index contributed by atoms with van der Waals surface area (Å²) in [6.07, 6.45) is 3.64. The Morgan fingerprint density at radius 2 is 1.67 bits per heavy atom. The van der Waals surface area contributed by atoms with Gasteiger partial charge in [0.25, 0.3) is 0 Å². The Balaban J connectivity index is 5.32. The van der Waals surface area contributed by atoms with Crippen LogP contribution >= 0.6 is 7.60 Å². The van der Waals surface area contributed by atoms with Crippen molar-refractivity contribution in [1.29, 1.82) is 0 Å². The predicted molar refractivity (Wildman–Crippen MR) is 67.9 cm³/mol. The zero-order chi connectivity index (χ0) is 12.1. The molecule has 0 unspecified atom stereocenters. The van der Waals surface area contributed by atoms with Crippen LogP contribution in [0.25, 0.3) is 0 Å². The van der Waals surface area contributed by atoms with Gasteiger partial charge < -0.3 is 9.05 Å². The summed E-state index contributed by atoms with van der Waals surface area (Å²) in [5.74, 6) is 0. The predicted octanol–water partition coefficient (Wildman–Crippen LogP) is 3.81. The van der Waals surface area contributed by atoms with E-state index in [4.69, 9.17) is 9.05 Å². The maximum atomic E-state index is 12.2. The molecule has 0 rings (SSSR count). The second-order valence-corrected chi connectivity index (χ2v) is 11.6. The van der Waals surface area contributed by atoms with Gasteiger partial charge in [0.05, 0.1) is 13.4 Å². The van der Waals surface area contributed by atoms with Crippen LogP contribution in [0.15, 0.2) is 23.2 Å². The molecule has 88 valence electrons. The topological polar surface area (TPSA) is 35.5 Å². The molecule has 0 aliphatic rings. The minimum absolute atomic E-state index is 0.661. The van der Waals surface area contributed by atoms with Gasteiger partial charge in [0.1, 0.15) is 0 Å². The first-order valence-electron chi connectivity index (χ1n) is 4.86. The van der Waals surface area contributed by atoms with E-state index in [0.29, 0.717) is 5.31 Å². The minimum atomic E-state index is -3.10. The van der Waals surface area contributed by atoms with E-state index < -0.39 is 15.7 Å². The fraction of sp³-hybridized carbons (Fsp3) is 0.600. The van der Waals surface area contributed by atoms with Gasteiger partial charge in [-0.1, -0.05) is 37.5 Å². The van der Waals surface area contributed by atoms with Gasteiger partial charge in [0.2, 0.25) is 0 Å². The molecule has 3 nitrogen and oxygen atoms in total. The first-order valence-corrected chi connectivity index (χ1v) is 9.98. The van der Waals surface area contributed by atoms with Crippen LogP contribution < -0.4 is 0 Å². The van der Waals surface area contributed by atoms with Crippen LogP contribution in [0.5, 0.6) is 0 Å². The molecule has 0 atom stereocenters. The molecule has 0 fully saturated rings. The molecule has 0 radical (unpaired) electrons. The molecule has 0 aliphatic heterocycles. The highest BCUT2D eigenvalue weighted by Gasteiger charge is 2.27. The number of hydrogen-bond acceptors (Lipinski definition) is 3. The standard InChI is InChI=1S/C10H21O3PSi/c1-7-8-10(9-15(4,5)6)14(11,12-2)13-3/h7-9H,1-6H3/b8-7+,10-9+. The molecule has 0 heterocycles. The third-order valence-corrected chi connectivity index (χ3v) is 5.01. The van der Waals surface area contributed by atoms with Gasteiger partial charge >= 0.3 is 7.60 Å². The molecule has 0 aliphatic carbocycles. The first-order chi connectivity index (χ1) is 6.79. The molecule has 0 spiro atoms. The zero-order valence-electron chi connectivity index (χ0n) is 10.4. The van der Waals surface area contributed by atoms with E-state index in [9.17, 15) is 4.57 Å². The maximum absolute atomic E-state index is 12.2. The number of allylic oxidation sites excluding steroid dienone is 3. The van der Waals surface area contributed by atoms with Crippen molar-refractivity contribution in [2.45, 2.75) is 26.6 Å². The largest absolute Gasteiger partial charge is 0.360 e. The normalized spacial score (nSPS) is 14.9. The molecule has 0 amide bonds. The monoisotopic (exact) mass is 248 g/mol. The fourth-order valence-corrected chi connectivity index (χ4v) is 4.80. The summed E-state index contributed by atoms with van der Waals surface area (Å²) < 4.78 is 22.1. The third-order valence-electron chi connectivity index (χ3n) is 1.72. The number of hydrogen-bond donors (Lipinski definition) is 0. The molecule has 0 aromatic carbocycles. The second kappa shape index (κ2) is 5.80. The Morgan fingerprint density at radius 1 is 1.20 bits per heavy atom. The summed E-state index contributed by atoms with van der Waals surface area (Å²) in [6, 6.07) is 0. The summed E-state index contributed by atoms with van der Waals surface area (Å²) in [4.78, 5) is 0. The molecule has 0 saturated heterocycles. The van der Waals surface area contributed by atoms with Gasteiger partial charge in [-0.05, 0) is 6.92 Å². The Kier molecular flexibility index (Phi) is 5.74. The van der Waals surface area contributed by atoms with E-state index in [1.54, 1.807) is 6.08 Å². The lowest BCUT2D eigenvalue weighted by molar-refractivity contribution is 0.284. The van der Waals surface area contributed by atoms with Crippen molar-refractivity contribution < 1.29 is 13.6 Å². The quantitative estimate of drug-likeness (QED) is 0.421. The van der Waals surface area contributed by atoms with E-state index in [1.807, 2.05) is 18.7 Å². The summed E-state index contributed by atoms with van der Waals surface area (Å²) in [5.41, 5.74) is 2.04. The lowest BCUT2D eigenvalue weighted by Crippen LogP contribution is -2.17. The average molecular weight is 248 g/mol. The van der Waals surface area contributed by atoms with E-state index in [2.05, 4.69) is 19.6 Å². The molecule has 0 N–H and O–H groups in total. The lowest BCUT2D eigenvalue weighted by Gasteiger charge is -2.18. The van der Waals surface area contributed by atoms with E-state index in [0.717, 1.165) is 0 Å². The summed E-state index contributed by atoms with van der Waals surface area (Å²) >= 11 is 0. The second-order valence-electron chi connectivity index (χ2n) is 4.30. The highest BCUT2D eigenvalue weighted by Crippen LogP contribution is 2.55. The van der Waals surface area contributed by atoms with Crippen molar-refractivity contribution in [3.63, 3.8) is 0 Å². The fourth-order valence-electron chi connectivity index (χ4n) is 1.12. The van der Waals surface area contributed by atoms with E-state index in [1.165, 1.54) is 14.2 Å². The van der Waals surface area contributed by atoms with E-state index >= 15 is 0 Å². The Morgan fingerprint density at radius 3 is 1.93 bits per heavy atom. The van der Waals surface area contributed by atoms with Crippen molar-refractivity contribution in [3.8, 4) is 0 Å². The van der Waals surface area contributed by atoms with Crippen LogP contribution in [-0.4, -0.2) is 22.3 Å². The third kappa shape index (κ3) is 4.93. The van der Waals surface area contributed by atoms with Crippen molar-refractivity contribution >= 4 is 15.7 Å². The SMILES string of the molecule is C/C=C/C(=C\[Si](C)(C)C)P(=O)(OC)OC. The minimum Gasteiger partial charge on any atom is -0.309 e. The van der Waals surface area contributed by atoms with Crippen LogP contribution in [0.4, 0.5) is 0 Å². The van der Waals surface area contributed by atoms with Crippen molar-refractivity contribution in [2.75, 3.05) is 14.2 Å². The van der Waals surface area contributed by atoms with Crippen molar-refractivity contribution in [1.82, 2.24) is 0 Å². The first kappa shape index (κ1) is 14.8. The zero-order valence-corrected chi connectivity index (χ0v) is 12.3. The summed E-state index contributed by atoms with van der Waals surface area (Å²) in [6.45, 7) is 8.40. The van der Waals surface area contributed by atoms with Crippen LogP contribution in [0.1, 0.15) is 6.92 Å². The Bertz CT molecular complexity index is 294. The summed E-state index contributed by atoms with van der Waals surface area (Å²) in [7, 11) is -1.72. The molecule has 0 aromatic heterocycles. The van der Waals surface area contributed by atoms with Gasteiger partial charge in [0, 0.05) is 14.2 Å². The average Bonchev–Trinajstić information content (AvgIpc) is 2.14.